The van der Waals surface area contributed by atoms with Crippen LogP contribution in [0, 0.1) is 6.92 Å². The first-order chi connectivity index (χ1) is 14.7. The van der Waals surface area contributed by atoms with E-state index in [2.05, 4.69) is 5.32 Å². The van der Waals surface area contributed by atoms with E-state index in [0.717, 1.165) is 16.8 Å². The number of carbonyl (C=O) groups excluding carboxylic acids is 1. The monoisotopic (exact) mass is 397 g/mol. The summed E-state index contributed by atoms with van der Waals surface area (Å²) in [4.78, 5) is 13.3. The minimum atomic E-state index is -0.228. The molecular weight excluding hydrogens is 374 g/mol. The Hall–Kier alpha value is -3.86. The van der Waals surface area contributed by atoms with Crippen LogP contribution < -0.4 is 10.1 Å². The maximum atomic E-state index is 13.3. The number of amides is 1. The van der Waals surface area contributed by atoms with E-state index in [-0.39, 0.29) is 5.91 Å². The number of carbonyl (C=O) groups is 1. The van der Waals surface area contributed by atoms with Crippen LogP contribution >= 0.6 is 0 Å². The average molecular weight is 397 g/mol. The molecule has 0 unspecified atom stereocenters. The summed E-state index contributed by atoms with van der Waals surface area (Å²) in [5.41, 5.74) is 4.89. The van der Waals surface area contributed by atoms with E-state index in [1.54, 1.807) is 11.8 Å². The predicted octanol–water partition coefficient (Wildman–Crippen LogP) is 4.79. The molecule has 0 atom stereocenters. The van der Waals surface area contributed by atoms with Crippen molar-refractivity contribution in [1.82, 2.24) is 15.1 Å². The zero-order valence-electron chi connectivity index (χ0n) is 17.0. The highest BCUT2D eigenvalue weighted by Gasteiger charge is 2.26. The van der Waals surface area contributed by atoms with Gasteiger partial charge in [0.25, 0.3) is 5.91 Å². The van der Waals surface area contributed by atoms with Crippen molar-refractivity contribution < 1.29 is 9.53 Å². The molecule has 0 spiro atoms. The third-order valence-corrected chi connectivity index (χ3v) is 4.89. The maximum Gasteiger partial charge on any atom is 0.259 e. The molecule has 1 amide bonds. The average Bonchev–Trinajstić information content (AvgIpc) is 3.19. The Kier molecular flexibility index (Phi) is 5.61. The largest absolute Gasteiger partial charge is 0.480 e. The second-order valence-electron chi connectivity index (χ2n) is 7.01. The van der Waals surface area contributed by atoms with E-state index in [0.29, 0.717) is 23.7 Å². The van der Waals surface area contributed by atoms with Crippen LogP contribution in [0.4, 0.5) is 0 Å². The molecule has 30 heavy (non-hydrogen) atoms. The van der Waals surface area contributed by atoms with E-state index < -0.39 is 0 Å². The predicted molar refractivity (Wildman–Crippen MR) is 118 cm³/mol. The Balaban J connectivity index is 1.75. The lowest BCUT2D eigenvalue weighted by Crippen LogP contribution is -2.23. The summed E-state index contributed by atoms with van der Waals surface area (Å²) >= 11 is 0. The smallest absolute Gasteiger partial charge is 0.259 e. The topological polar surface area (TPSA) is 56.1 Å². The summed E-state index contributed by atoms with van der Waals surface area (Å²) in [5, 5.41) is 7.75. The van der Waals surface area contributed by atoms with Crippen LogP contribution in [0.1, 0.15) is 21.5 Å². The maximum absolute atomic E-state index is 13.3. The molecule has 0 saturated carbocycles. The van der Waals surface area contributed by atoms with E-state index in [1.807, 2.05) is 91.9 Å². The van der Waals surface area contributed by atoms with Crippen LogP contribution in [0.5, 0.6) is 5.88 Å². The first-order valence-electron chi connectivity index (χ1n) is 9.79. The van der Waals surface area contributed by atoms with Crippen LogP contribution in [0.25, 0.3) is 16.9 Å². The highest BCUT2D eigenvalue weighted by Crippen LogP contribution is 2.32. The fourth-order valence-corrected chi connectivity index (χ4v) is 3.31. The van der Waals surface area contributed by atoms with E-state index in [1.165, 1.54) is 5.56 Å². The van der Waals surface area contributed by atoms with Crippen LogP contribution in [0.2, 0.25) is 0 Å². The molecule has 5 heteroatoms. The number of ether oxygens (including phenoxy) is 1. The van der Waals surface area contributed by atoms with E-state index >= 15 is 0 Å². The van der Waals surface area contributed by atoms with Gasteiger partial charge < -0.3 is 10.1 Å². The summed E-state index contributed by atoms with van der Waals surface area (Å²) in [6, 6.07) is 27.4. The van der Waals surface area contributed by atoms with Gasteiger partial charge in [-0.25, -0.2) is 0 Å². The number of rotatable bonds is 6. The number of nitrogens with zero attached hydrogens (tertiary/aromatic N) is 2. The summed E-state index contributed by atoms with van der Waals surface area (Å²) in [7, 11) is 1.56. The molecule has 1 heterocycles. The molecule has 0 fully saturated rings. The fraction of sp³-hybridized carbons (Fsp3) is 0.120. The third-order valence-electron chi connectivity index (χ3n) is 4.89. The summed E-state index contributed by atoms with van der Waals surface area (Å²) in [6.45, 7) is 2.46. The second kappa shape index (κ2) is 8.66. The Bertz CT molecular complexity index is 1130. The number of aromatic nitrogens is 2. The number of hydrogen-bond acceptors (Lipinski definition) is 3. The van der Waals surface area contributed by atoms with Crippen molar-refractivity contribution in [2.75, 3.05) is 7.11 Å². The van der Waals surface area contributed by atoms with Crippen molar-refractivity contribution in [3.63, 3.8) is 0 Å². The fourth-order valence-electron chi connectivity index (χ4n) is 3.31. The first-order valence-corrected chi connectivity index (χ1v) is 9.79. The van der Waals surface area contributed by atoms with Gasteiger partial charge in [-0.15, -0.1) is 0 Å². The molecular formula is C25H23N3O2. The summed E-state index contributed by atoms with van der Waals surface area (Å²) in [6.07, 6.45) is 0. The van der Waals surface area contributed by atoms with Gasteiger partial charge in [0.1, 0.15) is 11.3 Å². The number of aryl methyl sites for hydroxylation is 1. The number of methoxy groups -OCH3 is 1. The highest BCUT2D eigenvalue weighted by molar-refractivity contribution is 6.02. The van der Waals surface area contributed by atoms with Crippen molar-refractivity contribution in [2.24, 2.45) is 0 Å². The Morgan fingerprint density at radius 2 is 1.57 bits per heavy atom. The zero-order valence-corrected chi connectivity index (χ0v) is 17.0. The number of nitrogens with one attached hydrogen (secondary N) is 1. The normalized spacial score (nSPS) is 10.6. The van der Waals surface area contributed by atoms with Crippen LogP contribution in [0.3, 0.4) is 0 Å². The van der Waals surface area contributed by atoms with Crippen LogP contribution in [-0.2, 0) is 6.54 Å². The SMILES string of the molecule is COc1c(C(=O)NCc2ccc(C)cc2)c(-c2ccccc2)nn1-c1ccccc1. The van der Waals surface area contributed by atoms with E-state index in [9.17, 15) is 4.79 Å². The molecule has 4 rings (SSSR count). The van der Waals surface area contributed by atoms with Crippen LogP contribution in [0.15, 0.2) is 84.9 Å². The molecule has 0 aliphatic rings. The van der Waals surface area contributed by atoms with Gasteiger partial charge in [-0.2, -0.15) is 9.78 Å². The van der Waals surface area contributed by atoms with Crippen molar-refractivity contribution in [3.8, 4) is 22.8 Å². The Labute approximate surface area is 175 Å². The molecule has 4 aromatic rings. The second-order valence-corrected chi connectivity index (χ2v) is 7.01. The quantitative estimate of drug-likeness (QED) is 0.509. The van der Waals surface area contributed by atoms with Gasteiger partial charge in [0.05, 0.1) is 12.8 Å². The molecule has 0 radical (unpaired) electrons. The van der Waals surface area contributed by atoms with Gasteiger partial charge in [-0.05, 0) is 24.6 Å². The first kappa shape index (κ1) is 19.5. The minimum absolute atomic E-state index is 0.228. The zero-order chi connectivity index (χ0) is 20.9. The molecule has 0 aliphatic carbocycles. The summed E-state index contributed by atoms with van der Waals surface area (Å²) < 4.78 is 7.33. The molecule has 0 bridgehead atoms. The molecule has 3 aromatic carbocycles. The Morgan fingerprint density at radius 3 is 2.20 bits per heavy atom. The lowest BCUT2D eigenvalue weighted by Gasteiger charge is -2.09. The summed E-state index contributed by atoms with van der Waals surface area (Å²) in [5.74, 6) is 0.176. The van der Waals surface area contributed by atoms with Gasteiger partial charge in [0.15, 0.2) is 0 Å². The molecule has 150 valence electrons. The van der Waals surface area contributed by atoms with Gasteiger partial charge in [-0.3, -0.25) is 4.79 Å². The molecule has 1 N–H and O–H groups in total. The van der Waals surface area contributed by atoms with Gasteiger partial charge in [0.2, 0.25) is 5.88 Å². The van der Waals surface area contributed by atoms with Gasteiger partial charge in [-0.1, -0.05) is 78.4 Å². The standard InChI is InChI=1S/C25H23N3O2/c1-18-13-15-19(16-14-18)17-26-24(29)22-23(20-9-5-3-6-10-20)27-28(25(22)30-2)21-11-7-4-8-12-21/h3-16H,17H2,1-2H3,(H,26,29). The number of hydrogen-bond donors (Lipinski definition) is 1. The number of para-hydroxylation sites is 1. The minimum Gasteiger partial charge on any atom is -0.480 e. The van der Waals surface area contributed by atoms with E-state index in [4.69, 9.17) is 9.84 Å². The lowest BCUT2D eigenvalue weighted by atomic mass is 10.1. The van der Waals surface area contributed by atoms with Crippen LogP contribution in [-0.4, -0.2) is 22.8 Å². The highest BCUT2D eigenvalue weighted by atomic mass is 16.5. The van der Waals surface area contributed by atoms with Crippen molar-refractivity contribution in [2.45, 2.75) is 13.5 Å². The lowest BCUT2D eigenvalue weighted by molar-refractivity contribution is 0.0948. The Morgan fingerprint density at radius 1 is 0.933 bits per heavy atom. The van der Waals surface area contributed by atoms with Crippen molar-refractivity contribution >= 4 is 5.91 Å². The number of benzene rings is 3. The van der Waals surface area contributed by atoms with Gasteiger partial charge >= 0.3 is 0 Å². The molecule has 1 aromatic heterocycles. The molecule has 0 aliphatic heterocycles. The van der Waals surface area contributed by atoms with Crippen molar-refractivity contribution in [3.05, 3.63) is 102 Å². The molecule has 5 nitrogen and oxygen atoms in total. The third kappa shape index (κ3) is 3.96. The molecule has 0 saturated heterocycles. The van der Waals surface area contributed by atoms with Crippen molar-refractivity contribution in [1.29, 1.82) is 0 Å². The van der Waals surface area contributed by atoms with Gasteiger partial charge in [0, 0.05) is 12.1 Å².